The topological polar surface area (TPSA) is 69.5 Å². The van der Waals surface area contributed by atoms with Gasteiger partial charge >= 0.3 is 0 Å². The van der Waals surface area contributed by atoms with E-state index in [9.17, 15) is 5.11 Å². The van der Waals surface area contributed by atoms with E-state index in [4.69, 9.17) is 11.6 Å². The number of nitrogens with one attached hydrogen (secondary N) is 2. The number of rotatable bonds is 6. The lowest BCUT2D eigenvalue weighted by Gasteiger charge is -2.20. The summed E-state index contributed by atoms with van der Waals surface area (Å²) >= 11 is 5.80. The molecule has 0 fully saturated rings. The molecule has 154 valence electrons. The van der Waals surface area contributed by atoms with Crippen LogP contribution in [0.1, 0.15) is 50.5 Å². The summed E-state index contributed by atoms with van der Waals surface area (Å²) in [5.74, 6) is 0.651. The lowest BCUT2D eigenvalue weighted by molar-refractivity contribution is 0.181. The van der Waals surface area contributed by atoms with Crippen LogP contribution >= 0.6 is 35.6 Å². The van der Waals surface area contributed by atoms with Crippen LogP contribution in [0.4, 0.5) is 0 Å². The molecule has 1 atom stereocenters. The van der Waals surface area contributed by atoms with E-state index in [1.165, 1.54) is 5.56 Å². The molecule has 0 aliphatic rings. The minimum Gasteiger partial charge on any atom is -0.387 e. The lowest BCUT2D eigenvalue weighted by Crippen LogP contribution is -2.39. The van der Waals surface area contributed by atoms with Crippen molar-refractivity contribution in [3.05, 3.63) is 64.4 Å². The van der Waals surface area contributed by atoms with E-state index in [1.807, 2.05) is 25.1 Å². The number of nitrogens with zero attached hydrogens (tertiary/aromatic N) is 2. The molecule has 1 aromatic carbocycles. The molecule has 2 rings (SSSR count). The van der Waals surface area contributed by atoms with Gasteiger partial charge in [0.05, 0.1) is 12.6 Å². The molecule has 5 nitrogen and oxygen atoms in total. The van der Waals surface area contributed by atoms with E-state index in [0.29, 0.717) is 24.2 Å². The van der Waals surface area contributed by atoms with Gasteiger partial charge < -0.3 is 15.7 Å². The Balaban J connectivity index is 0.00000392. The summed E-state index contributed by atoms with van der Waals surface area (Å²) in [4.78, 5) is 8.58. The van der Waals surface area contributed by atoms with Crippen LogP contribution < -0.4 is 10.6 Å². The molecule has 0 saturated carbocycles. The van der Waals surface area contributed by atoms with Crippen LogP contribution in [-0.2, 0) is 12.0 Å². The van der Waals surface area contributed by atoms with Gasteiger partial charge in [0.2, 0.25) is 0 Å². The summed E-state index contributed by atoms with van der Waals surface area (Å²) in [6, 6.07) is 11.8. The Morgan fingerprint density at radius 2 is 1.82 bits per heavy atom. The molecule has 1 unspecified atom stereocenters. The highest BCUT2D eigenvalue weighted by molar-refractivity contribution is 14.0. The smallest absolute Gasteiger partial charge is 0.191 e. The second kappa shape index (κ2) is 11.6. The minimum atomic E-state index is -0.611. The normalized spacial score (nSPS) is 12.9. The number of aromatic nitrogens is 1. The van der Waals surface area contributed by atoms with Crippen LogP contribution in [0.15, 0.2) is 47.6 Å². The van der Waals surface area contributed by atoms with Crippen LogP contribution in [0.3, 0.4) is 0 Å². The predicted molar refractivity (Wildman–Crippen MR) is 128 cm³/mol. The Hall–Kier alpha value is -1.38. The second-order valence-electron chi connectivity index (χ2n) is 7.45. The van der Waals surface area contributed by atoms with Gasteiger partial charge in [0.1, 0.15) is 5.15 Å². The van der Waals surface area contributed by atoms with Gasteiger partial charge in [0.15, 0.2) is 5.96 Å². The first-order valence-electron chi connectivity index (χ1n) is 9.20. The molecule has 0 amide bonds. The van der Waals surface area contributed by atoms with Gasteiger partial charge in [-0.25, -0.2) is 9.98 Å². The largest absolute Gasteiger partial charge is 0.387 e. The summed E-state index contributed by atoms with van der Waals surface area (Å²) in [6.45, 7) is 10.1. The molecule has 0 aliphatic heterocycles. The Bertz CT molecular complexity index is 742. The number of pyridine rings is 1. The predicted octanol–water partition coefficient (Wildman–Crippen LogP) is 4.44. The average molecular weight is 517 g/mol. The number of guanidine groups is 1. The first-order valence-corrected chi connectivity index (χ1v) is 9.58. The number of aliphatic imine (C=N–C) groups is 1. The van der Waals surface area contributed by atoms with Crippen molar-refractivity contribution in [1.82, 2.24) is 15.6 Å². The van der Waals surface area contributed by atoms with Gasteiger partial charge in [0.25, 0.3) is 0 Å². The van der Waals surface area contributed by atoms with Crippen LogP contribution in [0.25, 0.3) is 0 Å². The zero-order chi connectivity index (χ0) is 19.9. The molecule has 1 aromatic heterocycles. The van der Waals surface area contributed by atoms with Crippen molar-refractivity contribution in [3.8, 4) is 0 Å². The fourth-order valence-electron chi connectivity index (χ4n) is 2.53. The van der Waals surface area contributed by atoms with Crippen LogP contribution in [0, 0.1) is 0 Å². The van der Waals surface area contributed by atoms with E-state index in [-0.39, 0.29) is 29.4 Å². The summed E-state index contributed by atoms with van der Waals surface area (Å²) in [6.07, 6.45) is 1.10. The van der Waals surface area contributed by atoms with Gasteiger partial charge in [-0.05, 0) is 35.1 Å². The molecule has 3 N–H and O–H groups in total. The zero-order valence-electron chi connectivity index (χ0n) is 16.9. The van der Waals surface area contributed by atoms with Crippen molar-refractivity contribution in [3.63, 3.8) is 0 Å². The van der Waals surface area contributed by atoms with Gasteiger partial charge in [-0.3, -0.25) is 0 Å². The lowest BCUT2D eigenvalue weighted by atomic mass is 9.86. The molecule has 0 radical (unpaired) electrons. The van der Waals surface area contributed by atoms with Crippen LogP contribution in [0.5, 0.6) is 0 Å². The number of aliphatic hydroxyl groups excluding tert-OH is 1. The number of benzene rings is 1. The fraction of sp³-hybridized carbons (Fsp3) is 0.429. The monoisotopic (exact) mass is 516 g/mol. The molecular formula is C21H30ClIN4O. The molecular weight excluding hydrogens is 487 g/mol. The minimum absolute atomic E-state index is 0. The summed E-state index contributed by atoms with van der Waals surface area (Å²) in [5.41, 5.74) is 3.20. The van der Waals surface area contributed by atoms with Crippen LogP contribution in [-0.4, -0.2) is 29.1 Å². The van der Waals surface area contributed by atoms with E-state index in [2.05, 4.69) is 53.5 Å². The van der Waals surface area contributed by atoms with Gasteiger partial charge in [-0.15, -0.1) is 24.0 Å². The van der Waals surface area contributed by atoms with Gasteiger partial charge in [-0.2, -0.15) is 0 Å². The Kier molecular flexibility index (Phi) is 10.2. The highest BCUT2D eigenvalue weighted by Gasteiger charge is 2.14. The summed E-state index contributed by atoms with van der Waals surface area (Å²) in [5, 5.41) is 17.3. The molecule has 0 spiro atoms. The third-order valence-corrected chi connectivity index (χ3v) is 4.40. The molecule has 28 heavy (non-hydrogen) atoms. The third-order valence-electron chi connectivity index (χ3n) is 4.18. The van der Waals surface area contributed by atoms with Crippen molar-refractivity contribution in [2.24, 2.45) is 4.99 Å². The number of aliphatic hydroxyl groups is 1. The Morgan fingerprint density at radius 3 is 2.36 bits per heavy atom. The maximum atomic E-state index is 10.5. The van der Waals surface area contributed by atoms with Gasteiger partial charge in [0, 0.05) is 19.3 Å². The SMILES string of the molecule is CCNC(=NCc1ccc(Cl)nc1)NCC(O)c1ccc(C(C)(C)C)cc1.I. The molecule has 0 aliphatic carbocycles. The van der Waals surface area contributed by atoms with Crippen molar-refractivity contribution in [2.75, 3.05) is 13.1 Å². The van der Waals surface area contributed by atoms with Crippen molar-refractivity contribution in [2.45, 2.75) is 45.8 Å². The molecule has 0 bridgehead atoms. The molecule has 0 saturated heterocycles. The fourth-order valence-corrected chi connectivity index (χ4v) is 2.64. The number of halogens is 2. The van der Waals surface area contributed by atoms with E-state index >= 15 is 0 Å². The van der Waals surface area contributed by atoms with Crippen molar-refractivity contribution < 1.29 is 5.11 Å². The maximum Gasteiger partial charge on any atom is 0.191 e. The van der Waals surface area contributed by atoms with Crippen molar-refractivity contribution >= 4 is 41.5 Å². The summed E-state index contributed by atoms with van der Waals surface area (Å²) in [7, 11) is 0. The van der Waals surface area contributed by atoms with Crippen molar-refractivity contribution in [1.29, 1.82) is 0 Å². The van der Waals surface area contributed by atoms with E-state index in [1.54, 1.807) is 12.3 Å². The average Bonchev–Trinajstić information content (AvgIpc) is 2.64. The quantitative estimate of drug-likeness (QED) is 0.230. The number of hydrogen-bond donors (Lipinski definition) is 3. The number of hydrogen-bond acceptors (Lipinski definition) is 3. The molecule has 7 heteroatoms. The second-order valence-corrected chi connectivity index (χ2v) is 7.84. The summed E-state index contributed by atoms with van der Waals surface area (Å²) < 4.78 is 0. The third kappa shape index (κ3) is 7.93. The first kappa shape index (κ1) is 24.7. The molecule has 1 heterocycles. The van der Waals surface area contributed by atoms with E-state index < -0.39 is 6.10 Å². The maximum absolute atomic E-state index is 10.5. The van der Waals surface area contributed by atoms with E-state index in [0.717, 1.165) is 17.7 Å². The first-order chi connectivity index (χ1) is 12.8. The Labute approximate surface area is 190 Å². The molecule has 2 aromatic rings. The standard InChI is InChI=1S/C21H29ClN4O.HI/c1-5-23-20(25-13-15-6-11-19(22)24-12-15)26-14-18(27)16-7-9-17(10-8-16)21(2,3)4;/h6-12,18,27H,5,13-14H2,1-4H3,(H2,23,25,26);1H. The van der Waals surface area contributed by atoms with Gasteiger partial charge in [-0.1, -0.05) is 62.7 Å². The highest BCUT2D eigenvalue weighted by Crippen LogP contribution is 2.23. The zero-order valence-corrected chi connectivity index (χ0v) is 20.0. The highest BCUT2D eigenvalue weighted by atomic mass is 127. The van der Waals surface area contributed by atoms with Crippen LogP contribution in [0.2, 0.25) is 5.15 Å². The Morgan fingerprint density at radius 1 is 1.14 bits per heavy atom.